The van der Waals surface area contributed by atoms with Crippen molar-refractivity contribution in [3.8, 4) is 0 Å². The van der Waals surface area contributed by atoms with E-state index in [4.69, 9.17) is 5.73 Å². The number of halogens is 1. The van der Waals surface area contributed by atoms with E-state index in [9.17, 15) is 9.59 Å². The molecule has 4 N–H and O–H groups in total. The van der Waals surface area contributed by atoms with Gasteiger partial charge in [0.05, 0.1) is 11.9 Å². The molecule has 162 valence electrons. The lowest BCUT2D eigenvalue weighted by atomic mass is 10.2. The van der Waals surface area contributed by atoms with Gasteiger partial charge in [-0.15, -0.1) is 12.4 Å². The number of aromatic nitrogens is 3. The van der Waals surface area contributed by atoms with E-state index in [2.05, 4.69) is 25.0 Å². The third-order valence-electron chi connectivity index (χ3n) is 4.72. The van der Waals surface area contributed by atoms with Crippen molar-refractivity contribution >= 4 is 52.4 Å². The zero-order valence-corrected chi connectivity index (χ0v) is 18.4. The van der Waals surface area contributed by atoms with Crippen molar-refractivity contribution in [1.82, 2.24) is 19.2 Å². The van der Waals surface area contributed by atoms with Crippen LogP contribution in [0.1, 0.15) is 33.0 Å². The molecule has 1 aliphatic rings. The standard InChI is InChI=1S/C20H21N7O2S.ClH/c1-12-9-16(30-26-12)25-19-17(18(21)28)22-10-15(24-19)23-14-7-8-27(11-14)20(29)13-5-3-2-4-6-13;/h2-6,9-10,14H,7-8,11H2,1H3,(H2,21,28)(H2,23,24,25);1H/t14-;/m1./s1. The Bertz CT molecular complexity index is 1080. The molecule has 0 bridgehead atoms. The van der Waals surface area contributed by atoms with Gasteiger partial charge in [-0.1, -0.05) is 18.2 Å². The Hall–Kier alpha value is -3.24. The normalized spacial score (nSPS) is 15.3. The second-order valence-corrected chi connectivity index (χ2v) is 7.83. The number of nitrogens with zero attached hydrogens (tertiary/aromatic N) is 4. The molecule has 1 saturated heterocycles. The number of carbonyl (C=O) groups is 2. The molecule has 0 unspecified atom stereocenters. The predicted octanol–water partition coefficient (Wildman–Crippen LogP) is 2.83. The van der Waals surface area contributed by atoms with Crippen LogP contribution in [0.4, 0.5) is 16.6 Å². The molecule has 3 aromatic rings. The van der Waals surface area contributed by atoms with E-state index in [0.717, 1.165) is 17.1 Å². The Morgan fingerprint density at radius 2 is 2.03 bits per heavy atom. The maximum absolute atomic E-state index is 12.6. The van der Waals surface area contributed by atoms with Gasteiger partial charge in [-0.05, 0) is 43.1 Å². The maximum atomic E-state index is 12.6. The third kappa shape index (κ3) is 5.28. The van der Waals surface area contributed by atoms with E-state index in [1.807, 2.05) is 48.2 Å². The Labute approximate surface area is 189 Å². The molecule has 3 heterocycles. The molecule has 2 amide bonds. The largest absolute Gasteiger partial charge is 0.364 e. The summed E-state index contributed by atoms with van der Waals surface area (Å²) >= 11 is 1.26. The van der Waals surface area contributed by atoms with Crippen molar-refractivity contribution in [2.75, 3.05) is 23.7 Å². The molecule has 4 rings (SSSR count). The lowest BCUT2D eigenvalue weighted by Crippen LogP contribution is -2.31. The number of hydrogen-bond acceptors (Lipinski definition) is 8. The molecule has 31 heavy (non-hydrogen) atoms. The topological polar surface area (TPSA) is 126 Å². The fourth-order valence-corrected chi connectivity index (χ4v) is 3.96. The number of aryl methyl sites for hydroxylation is 1. The molecule has 2 aromatic heterocycles. The maximum Gasteiger partial charge on any atom is 0.271 e. The summed E-state index contributed by atoms with van der Waals surface area (Å²) < 4.78 is 4.20. The van der Waals surface area contributed by atoms with Gasteiger partial charge >= 0.3 is 0 Å². The summed E-state index contributed by atoms with van der Waals surface area (Å²) in [5.41, 5.74) is 7.03. The number of primary amides is 1. The minimum atomic E-state index is -0.668. The van der Waals surface area contributed by atoms with E-state index in [1.165, 1.54) is 17.7 Å². The van der Waals surface area contributed by atoms with Crippen molar-refractivity contribution in [2.24, 2.45) is 5.73 Å². The predicted molar refractivity (Wildman–Crippen MR) is 122 cm³/mol. The van der Waals surface area contributed by atoms with Crippen molar-refractivity contribution in [2.45, 2.75) is 19.4 Å². The van der Waals surface area contributed by atoms with Crippen LogP contribution in [0, 0.1) is 6.92 Å². The fraction of sp³-hybridized carbons (Fsp3) is 0.250. The molecular weight excluding hydrogens is 438 g/mol. The monoisotopic (exact) mass is 459 g/mol. The van der Waals surface area contributed by atoms with Crippen LogP contribution in [0.3, 0.4) is 0 Å². The first-order valence-corrected chi connectivity index (χ1v) is 10.2. The summed E-state index contributed by atoms with van der Waals surface area (Å²) in [6, 6.07) is 11.1. The molecule has 11 heteroatoms. The van der Waals surface area contributed by atoms with Gasteiger partial charge in [0.2, 0.25) is 0 Å². The van der Waals surface area contributed by atoms with Gasteiger partial charge in [0.1, 0.15) is 10.8 Å². The summed E-state index contributed by atoms with van der Waals surface area (Å²) in [6.45, 7) is 3.09. The number of benzene rings is 1. The number of carbonyl (C=O) groups excluding carboxylic acids is 2. The zero-order valence-electron chi connectivity index (χ0n) is 16.7. The SMILES string of the molecule is Cc1cc(Nc2nc(N[C@@H]3CCN(C(=O)c4ccccc4)C3)cnc2C(N)=O)sn1.Cl. The van der Waals surface area contributed by atoms with Crippen molar-refractivity contribution < 1.29 is 9.59 Å². The summed E-state index contributed by atoms with van der Waals surface area (Å²) in [7, 11) is 0. The van der Waals surface area contributed by atoms with Crippen LogP contribution in [0.15, 0.2) is 42.6 Å². The number of rotatable bonds is 6. The zero-order chi connectivity index (χ0) is 21.1. The first kappa shape index (κ1) is 22.4. The first-order chi connectivity index (χ1) is 14.5. The first-order valence-electron chi connectivity index (χ1n) is 9.47. The molecule has 0 radical (unpaired) electrons. The molecule has 1 atom stereocenters. The van der Waals surface area contributed by atoms with Crippen LogP contribution < -0.4 is 16.4 Å². The highest BCUT2D eigenvalue weighted by molar-refractivity contribution is 7.10. The minimum absolute atomic E-state index is 0. The second-order valence-electron chi connectivity index (χ2n) is 7.02. The van der Waals surface area contributed by atoms with E-state index in [-0.39, 0.29) is 35.9 Å². The molecule has 1 aliphatic heterocycles. The second kappa shape index (κ2) is 9.71. The third-order valence-corrected chi connectivity index (χ3v) is 5.52. The quantitative estimate of drug-likeness (QED) is 0.517. The van der Waals surface area contributed by atoms with Gasteiger partial charge in [-0.25, -0.2) is 9.97 Å². The van der Waals surface area contributed by atoms with Crippen molar-refractivity contribution in [3.63, 3.8) is 0 Å². The van der Waals surface area contributed by atoms with Gasteiger partial charge in [0.15, 0.2) is 11.5 Å². The summed E-state index contributed by atoms with van der Waals surface area (Å²) in [5.74, 6) is 0.116. The van der Waals surface area contributed by atoms with Crippen LogP contribution in [0.25, 0.3) is 0 Å². The van der Waals surface area contributed by atoms with Gasteiger partial charge in [0, 0.05) is 24.7 Å². The van der Waals surface area contributed by atoms with Gasteiger partial charge < -0.3 is 21.3 Å². The summed E-state index contributed by atoms with van der Waals surface area (Å²) in [5, 5.41) is 7.11. The number of nitrogens with two attached hydrogens (primary N) is 1. The average molecular weight is 460 g/mol. The van der Waals surface area contributed by atoms with Crippen molar-refractivity contribution in [1.29, 1.82) is 0 Å². The molecule has 0 saturated carbocycles. The van der Waals surface area contributed by atoms with E-state index < -0.39 is 5.91 Å². The lowest BCUT2D eigenvalue weighted by molar-refractivity contribution is 0.0791. The highest BCUT2D eigenvalue weighted by Crippen LogP contribution is 2.24. The smallest absolute Gasteiger partial charge is 0.271 e. The molecule has 0 aliphatic carbocycles. The molecular formula is C20H22ClN7O2S. The van der Waals surface area contributed by atoms with Crippen LogP contribution in [-0.4, -0.2) is 50.2 Å². The fourth-order valence-electron chi connectivity index (χ4n) is 3.30. The molecule has 1 aromatic carbocycles. The summed E-state index contributed by atoms with van der Waals surface area (Å²) in [4.78, 5) is 34.8. The van der Waals surface area contributed by atoms with Crippen LogP contribution in [-0.2, 0) is 0 Å². The van der Waals surface area contributed by atoms with Crippen LogP contribution in [0.2, 0.25) is 0 Å². The highest BCUT2D eigenvalue weighted by Gasteiger charge is 2.27. The summed E-state index contributed by atoms with van der Waals surface area (Å²) in [6.07, 6.45) is 2.26. The van der Waals surface area contributed by atoms with E-state index in [0.29, 0.717) is 24.5 Å². The molecule has 1 fully saturated rings. The number of anilines is 3. The number of nitrogens with one attached hydrogen (secondary N) is 2. The highest BCUT2D eigenvalue weighted by atomic mass is 35.5. The number of hydrogen-bond donors (Lipinski definition) is 3. The molecule has 0 spiro atoms. The van der Waals surface area contributed by atoms with Gasteiger partial charge in [0.25, 0.3) is 11.8 Å². The van der Waals surface area contributed by atoms with Crippen LogP contribution >= 0.6 is 23.9 Å². The number of amides is 2. The molecule has 9 nitrogen and oxygen atoms in total. The number of likely N-dealkylation sites (tertiary alicyclic amines) is 1. The van der Waals surface area contributed by atoms with Crippen LogP contribution in [0.5, 0.6) is 0 Å². The average Bonchev–Trinajstić information content (AvgIpc) is 3.37. The van der Waals surface area contributed by atoms with E-state index in [1.54, 1.807) is 0 Å². The minimum Gasteiger partial charge on any atom is -0.364 e. The van der Waals surface area contributed by atoms with E-state index >= 15 is 0 Å². The van der Waals surface area contributed by atoms with Gasteiger partial charge in [-0.2, -0.15) is 4.37 Å². The lowest BCUT2D eigenvalue weighted by Gasteiger charge is -2.18. The Balaban J connectivity index is 0.00000272. The van der Waals surface area contributed by atoms with Crippen molar-refractivity contribution in [3.05, 3.63) is 59.5 Å². The Morgan fingerprint density at radius 3 is 2.71 bits per heavy atom. The Kier molecular flexibility index (Phi) is 7.03. The Morgan fingerprint density at radius 1 is 1.26 bits per heavy atom. The van der Waals surface area contributed by atoms with Gasteiger partial charge in [-0.3, -0.25) is 9.59 Å².